The monoisotopic (exact) mass is 603 g/mol. The highest BCUT2D eigenvalue weighted by molar-refractivity contribution is 9.10. The van der Waals surface area contributed by atoms with Gasteiger partial charge in [-0.15, -0.1) is 0 Å². The van der Waals surface area contributed by atoms with Crippen molar-refractivity contribution < 1.29 is 22.4 Å². The highest BCUT2D eigenvalue weighted by atomic mass is 79.9. The number of sulfonamides is 1. The van der Waals surface area contributed by atoms with E-state index in [0.717, 1.165) is 16.1 Å². The zero-order valence-corrected chi connectivity index (χ0v) is 23.9. The molecule has 1 atom stereocenters. The third kappa shape index (κ3) is 8.13. The number of nitrogens with one attached hydrogen (secondary N) is 1. The van der Waals surface area contributed by atoms with E-state index in [0.29, 0.717) is 4.47 Å². The first-order valence-corrected chi connectivity index (χ1v) is 14.7. The fourth-order valence-electron chi connectivity index (χ4n) is 3.99. The summed E-state index contributed by atoms with van der Waals surface area (Å²) in [5, 5.41) is 2.86. The number of hydrogen-bond donors (Lipinski definition) is 1. The number of rotatable bonds is 11. The molecule has 38 heavy (non-hydrogen) atoms. The van der Waals surface area contributed by atoms with Crippen LogP contribution in [0.15, 0.2) is 83.3 Å². The molecule has 7 nitrogen and oxygen atoms in total. The lowest BCUT2D eigenvalue weighted by Gasteiger charge is -2.34. The highest BCUT2D eigenvalue weighted by Crippen LogP contribution is 2.24. The number of hydrogen-bond acceptors (Lipinski definition) is 4. The Morgan fingerprint density at radius 2 is 1.63 bits per heavy atom. The van der Waals surface area contributed by atoms with E-state index in [1.54, 1.807) is 44.2 Å². The zero-order chi connectivity index (χ0) is 27.9. The summed E-state index contributed by atoms with van der Waals surface area (Å²) >= 11 is 3.34. The molecule has 3 aromatic rings. The van der Waals surface area contributed by atoms with Crippen molar-refractivity contribution in [3.63, 3.8) is 0 Å². The molecule has 0 aliphatic carbocycles. The fraction of sp³-hybridized carbons (Fsp3) is 0.286. The summed E-state index contributed by atoms with van der Waals surface area (Å²) in [4.78, 5) is 28.6. The predicted molar refractivity (Wildman–Crippen MR) is 150 cm³/mol. The van der Waals surface area contributed by atoms with Gasteiger partial charge in [-0.3, -0.25) is 13.9 Å². The molecule has 0 fully saturated rings. The van der Waals surface area contributed by atoms with Crippen molar-refractivity contribution in [2.24, 2.45) is 0 Å². The van der Waals surface area contributed by atoms with Gasteiger partial charge < -0.3 is 10.2 Å². The van der Waals surface area contributed by atoms with E-state index >= 15 is 0 Å². The molecule has 1 N–H and O–H groups in total. The topological polar surface area (TPSA) is 86.8 Å². The van der Waals surface area contributed by atoms with Gasteiger partial charge >= 0.3 is 0 Å². The summed E-state index contributed by atoms with van der Waals surface area (Å²) in [7, 11) is -3.88. The third-order valence-corrected chi connectivity index (χ3v) is 7.41. The van der Waals surface area contributed by atoms with Crippen molar-refractivity contribution in [1.82, 2.24) is 10.2 Å². The van der Waals surface area contributed by atoms with Crippen LogP contribution in [0.2, 0.25) is 0 Å². The Hall–Kier alpha value is -3.24. The molecule has 0 aliphatic heterocycles. The van der Waals surface area contributed by atoms with Crippen molar-refractivity contribution in [3.8, 4) is 0 Å². The first-order chi connectivity index (χ1) is 18.0. The largest absolute Gasteiger partial charge is 0.352 e. The van der Waals surface area contributed by atoms with Gasteiger partial charge in [-0.1, -0.05) is 70.5 Å². The van der Waals surface area contributed by atoms with Gasteiger partial charge in [0, 0.05) is 29.0 Å². The molecule has 0 bridgehead atoms. The third-order valence-electron chi connectivity index (χ3n) is 5.78. The summed E-state index contributed by atoms with van der Waals surface area (Å²) in [6, 6.07) is 20.5. The lowest BCUT2D eigenvalue weighted by atomic mass is 10.0. The number of amides is 2. The van der Waals surface area contributed by atoms with Gasteiger partial charge in [-0.25, -0.2) is 12.8 Å². The Bertz CT molecular complexity index is 1370. The van der Waals surface area contributed by atoms with Crippen molar-refractivity contribution in [3.05, 3.63) is 100 Å². The highest BCUT2D eigenvalue weighted by Gasteiger charge is 2.33. The Labute approximate surface area is 231 Å². The summed E-state index contributed by atoms with van der Waals surface area (Å²) in [6.07, 6.45) is 1.17. The number of benzene rings is 3. The minimum absolute atomic E-state index is 0.162. The number of carbonyl (C=O) groups is 2. The number of carbonyl (C=O) groups excluding carboxylic acids is 2. The average molecular weight is 605 g/mol. The van der Waals surface area contributed by atoms with E-state index in [1.807, 2.05) is 30.3 Å². The standard InChI is InChI=1S/C28H31BrFN3O4S/c1-20(2)31-28(35)26(16-21-10-5-4-6-11-21)32(18-22-12-7-8-15-25(22)30)27(34)19-33(38(3,36)37)24-14-9-13-23(29)17-24/h4-15,17,20,26H,16,18-19H2,1-3H3,(H,31,35)/t26-/m0/s1. The zero-order valence-electron chi connectivity index (χ0n) is 21.5. The Balaban J connectivity index is 2.07. The van der Waals surface area contributed by atoms with Crippen LogP contribution in [0.1, 0.15) is 25.0 Å². The molecule has 0 radical (unpaired) electrons. The van der Waals surface area contributed by atoms with Crippen LogP contribution < -0.4 is 9.62 Å². The molecule has 3 rings (SSSR count). The van der Waals surface area contributed by atoms with Crippen molar-refractivity contribution in [1.29, 1.82) is 0 Å². The molecule has 3 aromatic carbocycles. The van der Waals surface area contributed by atoms with Gasteiger partial charge in [0.05, 0.1) is 11.9 Å². The van der Waals surface area contributed by atoms with E-state index in [1.165, 1.54) is 23.1 Å². The molecule has 202 valence electrons. The van der Waals surface area contributed by atoms with E-state index < -0.39 is 40.2 Å². The number of nitrogens with zero attached hydrogens (tertiary/aromatic N) is 2. The average Bonchev–Trinajstić information content (AvgIpc) is 2.85. The Morgan fingerprint density at radius 3 is 2.24 bits per heavy atom. The van der Waals surface area contributed by atoms with Crippen LogP contribution in [0.25, 0.3) is 0 Å². The first kappa shape index (κ1) is 29.3. The van der Waals surface area contributed by atoms with Crippen LogP contribution >= 0.6 is 15.9 Å². The normalized spacial score (nSPS) is 12.2. The number of halogens is 2. The van der Waals surface area contributed by atoms with Gasteiger partial charge in [-0.2, -0.15) is 0 Å². The van der Waals surface area contributed by atoms with Gasteiger partial charge in [0.1, 0.15) is 18.4 Å². The van der Waals surface area contributed by atoms with E-state index in [4.69, 9.17) is 0 Å². The van der Waals surface area contributed by atoms with E-state index in [2.05, 4.69) is 21.2 Å². The van der Waals surface area contributed by atoms with Crippen molar-refractivity contribution in [2.75, 3.05) is 17.1 Å². The predicted octanol–water partition coefficient (Wildman–Crippen LogP) is 4.52. The van der Waals surface area contributed by atoms with Crippen LogP contribution in [-0.2, 0) is 32.6 Å². The molecule has 0 heterocycles. The minimum atomic E-state index is -3.88. The molecular weight excluding hydrogens is 573 g/mol. The van der Waals surface area contributed by atoms with Crippen LogP contribution in [0.5, 0.6) is 0 Å². The fourth-order valence-corrected chi connectivity index (χ4v) is 5.22. The second-order valence-electron chi connectivity index (χ2n) is 9.23. The lowest BCUT2D eigenvalue weighted by Crippen LogP contribution is -2.54. The Morgan fingerprint density at radius 1 is 0.974 bits per heavy atom. The molecule has 10 heteroatoms. The summed E-state index contributed by atoms with van der Waals surface area (Å²) in [5.74, 6) is -1.58. The molecule has 0 saturated carbocycles. The van der Waals surface area contributed by atoms with Crippen LogP contribution in [0.3, 0.4) is 0 Å². The summed E-state index contributed by atoms with van der Waals surface area (Å²) in [6.45, 7) is 2.83. The van der Waals surface area contributed by atoms with Crippen LogP contribution in [0, 0.1) is 5.82 Å². The molecule has 0 aromatic heterocycles. The lowest BCUT2D eigenvalue weighted by molar-refractivity contribution is -0.140. The van der Waals surface area contributed by atoms with E-state index in [9.17, 15) is 22.4 Å². The molecule has 0 unspecified atom stereocenters. The molecule has 0 spiro atoms. The van der Waals surface area contributed by atoms with Gasteiger partial charge in [0.15, 0.2) is 0 Å². The molecule has 0 aliphatic rings. The van der Waals surface area contributed by atoms with Gasteiger partial charge in [-0.05, 0) is 43.7 Å². The number of anilines is 1. The molecular formula is C28H31BrFN3O4S. The van der Waals surface area contributed by atoms with Crippen molar-refractivity contribution in [2.45, 2.75) is 38.9 Å². The van der Waals surface area contributed by atoms with Crippen LogP contribution in [-0.4, -0.2) is 50.0 Å². The second-order valence-corrected chi connectivity index (χ2v) is 12.1. The minimum Gasteiger partial charge on any atom is -0.352 e. The summed E-state index contributed by atoms with van der Waals surface area (Å²) in [5.41, 5.74) is 1.30. The van der Waals surface area contributed by atoms with Gasteiger partial charge in [0.25, 0.3) is 0 Å². The molecule has 2 amide bonds. The van der Waals surface area contributed by atoms with Gasteiger partial charge in [0.2, 0.25) is 21.8 Å². The SMILES string of the molecule is CC(C)NC(=O)[C@H](Cc1ccccc1)N(Cc1ccccc1F)C(=O)CN(c1cccc(Br)c1)S(C)(=O)=O. The second kappa shape index (κ2) is 13.0. The Kier molecular flexibility index (Phi) is 10.0. The van der Waals surface area contributed by atoms with Crippen LogP contribution in [0.4, 0.5) is 10.1 Å². The molecule has 0 saturated heterocycles. The quantitative estimate of drug-likeness (QED) is 0.349. The van der Waals surface area contributed by atoms with E-state index in [-0.39, 0.29) is 30.3 Å². The maximum Gasteiger partial charge on any atom is 0.244 e. The first-order valence-electron chi connectivity index (χ1n) is 12.1. The smallest absolute Gasteiger partial charge is 0.244 e. The summed E-state index contributed by atoms with van der Waals surface area (Å²) < 4.78 is 41.9. The maximum absolute atomic E-state index is 14.7. The van der Waals surface area contributed by atoms with Crippen molar-refractivity contribution >= 4 is 43.5 Å². The maximum atomic E-state index is 14.7.